The van der Waals surface area contributed by atoms with E-state index < -0.39 is 0 Å². The van der Waals surface area contributed by atoms with E-state index in [1.807, 2.05) is 13.1 Å². The lowest BCUT2D eigenvalue weighted by Crippen LogP contribution is -2.23. The Hall–Kier alpha value is -0.760. The van der Waals surface area contributed by atoms with Gasteiger partial charge in [-0.05, 0) is 31.2 Å². The van der Waals surface area contributed by atoms with Crippen LogP contribution in [-0.2, 0) is 5.88 Å². The number of hydrogen-bond acceptors (Lipinski definition) is 2. The van der Waals surface area contributed by atoms with Crippen molar-refractivity contribution in [2.24, 2.45) is 11.8 Å². The molecule has 0 radical (unpaired) electrons. The van der Waals surface area contributed by atoms with E-state index in [-0.39, 0.29) is 0 Å². The number of halogens is 1. The normalized spacial score (nSPS) is 28.0. The van der Waals surface area contributed by atoms with Gasteiger partial charge in [-0.25, -0.2) is 0 Å². The van der Waals surface area contributed by atoms with Crippen LogP contribution in [-0.4, -0.2) is 18.1 Å². The first-order valence-corrected chi connectivity index (χ1v) is 6.08. The van der Waals surface area contributed by atoms with Crippen LogP contribution in [0.3, 0.4) is 0 Å². The largest absolute Gasteiger partial charge is 0.371 e. The Morgan fingerprint density at radius 2 is 2.20 bits per heavy atom. The van der Waals surface area contributed by atoms with Gasteiger partial charge in [-0.3, -0.25) is 4.98 Å². The number of piperidine rings is 1. The van der Waals surface area contributed by atoms with Crippen molar-refractivity contribution in [1.82, 2.24) is 4.98 Å². The molecule has 1 aromatic rings. The number of pyridine rings is 1. The molecule has 2 nitrogen and oxygen atoms in total. The van der Waals surface area contributed by atoms with Crippen molar-refractivity contribution >= 4 is 17.3 Å². The Balaban J connectivity index is 1.91. The van der Waals surface area contributed by atoms with Crippen LogP contribution in [0, 0.1) is 18.8 Å². The second-order valence-corrected chi connectivity index (χ2v) is 5.02. The van der Waals surface area contributed by atoms with Crippen LogP contribution >= 0.6 is 11.6 Å². The first-order valence-electron chi connectivity index (χ1n) is 5.54. The van der Waals surface area contributed by atoms with Gasteiger partial charge in [0.15, 0.2) is 0 Å². The predicted octanol–water partition coefficient (Wildman–Crippen LogP) is 2.58. The zero-order chi connectivity index (χ0) is 10.4. The molecule has 0 aromatic carbocycles. The highest BCUT2D eigenvalue weighted by atomic mass is 35.5. The van der Waals surface area contributed by atoms with Gasteiger partial charge in [0.25, 0.3) is 0 Å². The van der Waals surface area contributed by atoms with E-state index in [1.54, 1.807) is 0 Å². The first kappa shape index (κ1) is 9.46. The summed E-state index contributed by atoms with van der Waals surface area (Å²) in [4.78, 5) is 6.78. The maximum atomic E-state index is 5.94. The molecule has 3 rings (SSSR count). The van der Waals surface area contributed by atoms with Crippen molar-refractivity contribution in [3.05, 3.63) is 23.5 Å². The summed E-state index contributed by atoms with van der Waals surface area (Å²) in [5, 5.41) is 0. The summed E-state index contributed by atoms with van der Waals surface area (Å²) in [5.41, 5.74) is 3.56. The highest BCUT2D eigenvalue weighted by molar-refractivity contribution is 6.17. The lowest BCUT2D eigenvalue weighted by molar-refractivity contribution is 0.813. The third-order valence-corrected chi connectivity index (χ3v) is 3.85. The van der Waals surface area contributed by atoms with Crippen molar-refractivity contribution in [2.75, 3.05) is 18.0 Å². The lowest BCUT2D eigenvalue weighted by atomic mass is 10.2. The van der Waals surface area contributed by atoms with Crippen LogP contribution in [0.5, 0.6) is 0 Å². The smallest absolute Gasteiger partial charge is 0.0509 e. The Labute approximate surface area is 95.3 Å². The van der Waals surface area contributed by atoms with Crippen LogP contribution < -0.4 is 4.90 Å². The summed E-state index contributed by atoms with van der Waals surface area (Å²) in [7, 11) is 0. The Bertz CT molecular complexity index is 381. The quantitative estimate of drug-likeness (QED) is 0.716. The van der Waals surface area contributed by atoms with Crippen LogP contribution in [0.4, 0.5) is 5.69 Å². The van der Waals surface area contributed by atoms with Crippen LogP contribution in [0.1, 0.15) is 17.7 Å². The number of anilines is 1. The molecule has 2 fully saturated rings. The summed E-state index contributed by atoms with van der Waals surface area (Å²) < 4.78 is 0. The van der Waals surface area contributed by atoms with E-state index in [2.05, 4.69) is 16.0 Å². The van der Waals surface area contributed by atoms with Crippen molar-refractivity contribution in [3.63, 3.8) is 0 Å². The number of aromatic nitrogens is 1. The van der Waals surface area contributed by atoms with E-state index in [4.69, 9.17) is 11.6 Å². The molecule has 2 unspecified atom stereocenters. The lowest BCUT2D eigenvalue weighted by Gasteiger charge is -2.23. The van der Waals surface area contributed by atoms with Crippen molar-refractivity contribution in [2.45, 2.75) is 19.2 Å². The molecule has 0 spiro atoms. The minimum Gasteiger partial charge on any atom is -0.371 e. The van der Waals surface area contributed by atoms with Gasteiger partial charge in [0.2, 0.25) is 0 Å². The summed E-state index contributed by atoms with van der Waals surface area (Å²) >= 11 is 5.94. The SMILES string of the molecule is Cc1cc(N2CC3CC3C2)c(CCl)cn1. The number of aryl methyl sites for hydroxylation is 1. The van der Waals surface area contributed by atoms with Gasteiger partial charge in [-0.15, -0.1) is 11.6 Å². The molecule has 15 heavy (non-hydrogen) atoms. The fourth-order valence-corrected chi connectivity index (χ4v) is 2.77. The predicted molar refractivity (Wildman–Crippen MR) is 62.3 cm³/mol. The van der Waals surface area contributed by atoms with E-state index in [0.29, 0.717) is 5.88 Å². The first-order chi connectivity index (χ1) is 7.28. The number of nitrogens with zero attached hydrogens (tertiary/aromatic N) is 2. The maximum absolute atomic E-state index is 5.94. The molecule has 3 heteroatoms. The van der Waals surface area contributed by atoms with Gasteiger partial charge in [-0.2, -0.15) is 0 Å². The van der Waals surface area contributed by atoms with E-state index in [0.717, 1.165) is 17.5 Å². The Kier molecular flexibility index (Phi) is 2.13. The highest BCUT2D eigenvalue weighted by Gasteiger charge is 2.45. The van der Waals surface area contributed by atoms with Gasteiger partial charge in [0, 0.05) is 36.2 Å². The Morgan fingerprint density at radius 1 is 1.47 bits per heavy atom. The van der Waals surface area contributed by atoms with Gasteiger partial charge < -0.3 is 4.90 Å². The van der Waals surface area contributed by atoms with Crippen LogP contribution in [0.2, 0.25) is 0 Å². The van der Waals surface area contributed by atoms with Crippen molar-refractivity contribution in [1.29, 1.82) is 0 Å². The minimum absolute atomic E-state index is 0.564. The molecular formula is C12H15ClN2. The summed E-state index contributed by atoms with van der Waals surface area (Å²) in [6.45, 7) is 4.48. The molecule has 80 valence electrons. The van der Waals surface area contributed by atoms with Crippen LogP contribution in [0.25, 0.3) is 0 Å². The maximum Gasteiger partial charge on any atom is 0.0509 e. The van der Waals surface area contributed by atoms with Crippen molar-refractivity contribution in [3.8, 4) is 0 Å². The average molecular weight is 223 g/mol. The molecule has 0 N–H and O–H groups in total. The summed E-state index contributed by atoms with van der Waals surface area (Å²) in [6.07, 6.45) is 3.36. The standard InChI is InChI=1S/C12H15ClN2/c1-8-2-12(11(4-13)5-14-8)15-6-9-3-10(9)7-15/h2,5,9-10H,3-4,6-7H2,1H3. The second kappa shape index (κ2) is 3.38. The third-order valence-electron chi connectivity index (χ3n) is 3.56. The molecule has 1 saturated carbocycles. The number of rotatable bonds is 2. The number of alkyl halides is 1. The van der Waals surface area contributed by atoms with Gasteiger partial charge in [-0.1, -0.05) is 0 Å². The fourth-order valence-electron chi connectivity index (χ4n) is 2.57. The van der Waals surface area contributed by atoms with Crippen LogP contribution in [0.15, 0.2) is 12.3 Å². The van der Waals surface area contributed by atoms with E-state index in [1.165, 1.54) is 30.8 Å². The minimum atomic E-state index is 0.564. The zero-order valence-corrected chi connectivity index (χ0v) is 9.67. The average Bonchev–Trinajstić information content (AvgIpc) is 2.86. The molecule has 2 aliphatic rings. The van der Waals surface area contributed by atoms with Crippen molar-refractivity contribution < 1.29 is 0 Å². The highest BCUT2D eigenvalue weighted by Crippen LogP contribution is 2.46. The molecule has 0 bridgehead atoms. The molecule has 1 saturated heterocycles. The summed E-state index contributed by atoms with van der Waals surface area (Å²) in [5.74, 6) is 2.48. The summed E-state index contributed by atoms with van der Waals surface area (Å²) in [6, 6.07) is 2.17. The monoisotopic (exact) mass is 222 g/mol. The van der Waals surface area contributed by atoms with Gasteiger partial charge in [0.05, 0.1) is 5.88 Å². The van der Waals surface area contributed by atoms with Gasteiger partial charge >= 0.3 is 0 Å². The second-order valence-electron chi connectivity index (χ2n) is 4.75. The number of fused-ring (bicyclic) bond motifs is 1. The molecule has 0 amide bonds. The zero-order valence-electron chi connectivity index (χ0n) is 8.91. The third kappa shape index (κ3) is 1.61. The van der Waals surface area contributed by atoms with E-state index in [9.17, 15) is 0 Å². The molecule has 1 aliphatic heterocycles. The Morgan fingerprint density at radius 3 is 2.87 bits per heavy atom. The topological polar surface area (TPSA) is 16.1 Å². The molecular weight excluding hydrogens is 208 g/mol. The number of hydrogen-bond donors (Lipinski definition) is 0. The van der Waals surface area contributed by atoms with Gasteiger partial charge in [0.1, 0.15) is 0 Å². The fraction of sp³-hybridized carbons (Fsp3) is 0.583. The molecule has 1 aliphatic carbocycles. The molecule has 1 aromatic heterocycles. The molecule has 2 atom stereocenters. The van der Waals surface area contributed by atoms with E-state index >= 15 is 0 Å². The molecule has 2 heterocycles.